The first-order valence-electron chi connectivity index (χ1n) is 10.6. The van der Waals surface area contributed by atoms with Crippen molar-refractivity contribution in [1.82, 2.24) is 4.98 Å². The maximum atomic E-state index is 11.8. The van der Waals surface area contributed by atoms with E-state index in [0.717, 1.165) is 22.3 Å². The van der Waals surface area contributed by atoms with Crippen LogP contribution in [0.1, 0.15) is 41.4 Å². The topological polar surface area (TPSA) is 113 Å². The number of aliphatic hydroxyl groups is 1. The number of carbonyl (C=O) groups is 1. The van der Waals surface area contributed by atoms with Crippen LogP contribution < -0.4 is 16.1 Å². The predicted molar refractivity (Wildman–Crippen MR) is 127 cm³/mol. The Morgan fingerprint density at radius 2 is 1.97 bits per heavy atom. The van der Waals surface area contributed by atoms with Crippen molar-refractivity contribution >= 4 is 35.7 Å². The van der Waals surface area contributed by atoms with E-state index in [1.165, 1.54) is 6.20 Å². The minimum absolute atomic E-state index is 0.0151. The Labute approximate surface area is 192 Å². The number of fused-ring (bicyclic) bond motifs is 1. The first kappa shape index (κ1) is 22.8. The Hall–Kier alpha value is -3.40. The maximum absolute atomic E-state index is 11.8. The Morgan fingerprint density at radius 3 is 2.64 bits per heavy atom. The molecule has 2 heterocycles. The van der Waals surface area contributed by atoms with Gasteiger partial charge in [-0.05, 0) is 42.6 Å². The minimum Gasteiger partial charge on any atom is -0.478 e. The van der Waals surface area contributed by atoms with Crippen molar-refractivity contribution in [3.63, 3.8) is 0 Å². The van der Waals surface area contributed by atoms with E-state index in [9.17, 15) is 15.0 Å². The van der Waals surface area contributed by atoms with Gasteiger partial charge in [0.25, 0.3) is 0 Å². The molecule has 0 saturated carbocycles. The zero-order chi connectivity index (χ0) is 23.6. The second-order valence-electron chi connectivity index (χ2n) is 8.33. The SMILES string of the molecule is COB1OC(C)(C)c2cc(Nc3cc(N[C@H](CO)c4ccccc4)c(C(=O)O)cn3)ccc21. The summed E-state index contributed by atoms with van der Waals surface area (Å²) in [6, 6.07) is 16.3. The number of anilines is 3. The largest absolute Gasteiger partial charge is 0.494 e. The van der Waals surface area contributed by atoms with Crippen molar-refractivity contribution in [3.8, 4) is 0 Å². The number of nitrogens with one attached hydrogen (secondary N) is 2. The normalized spacial score (nSPS) is 15.1. The molecular weight excluding hydrogens is 421 g/mol. The highest BCUT2D eigenvalue weighted by Crippen LogP contribution is 2.33. The van der Waals surface area contributed by atoms with Gasteiger partial charge in [-0.1, -0.05) is 36.4 Å². The third-order valence-corrected chi connectivity index (χ3v) is 5.69. The summed E-state index contributed by atoms with van der Waals surface area (Å²) in [4.78, 5) is 16.0. The van der Waals surface area contributed by atoms with Crippen LogP contribution in [-0.2, 0) is 14.9 Å². The van der Waals surface area contributed by atoms with E-state index in [1.807, 2.05) is 62.4 Å². The molecule has 9 heteroatoms. The van der Waals surface area contributed by atoms with Crippen molar-refractivity contribution in [2.24, 2.45) is 0 Å². The number of carboxylic acid groups (broad SMARTS) is 1. The average Bonchev–Trinajstić information content (AvgIpc) is 3.07. The number of benzene rings is 2. The summed E-state index contributed by atoms with van der Waals surface area (Å²) in [5.74, 6) is -0.643. The summed E-state index contributed by atoms with van der Waals surface area (Å²) in [5.41, 5.74) is 3.46. The van der Waals surface area contributed by atoms with Crippen LogP contribution in [0, 0.1) is 0 Å². The van der Waals surface area contributed by atoms with Gasteiger partial charge in [-0.2, -0.15) is 0 Å². The van der Waals surface area contributed by atoms with Crippen LogP contribution in [0.5, 0.6) is 0 Å². The van der Waals surface area contributed by atoms with Gasteiger partial charge in [0.1, 0.15) is 11.4 Å². The number of rotatable bonds is 8. The number of aliphatic hydroxyl groups excluding tert-OH is 1. The molecule has 170 valence electrons. The van der Waals surface area contributed by atoms with E-state index in [0.29, 0.717) is 11.5 Å². The summed E-state index contributed by atoms with van der Waals surface area (Å²) in [6.07, 6.45) is 1.30. The van der Waals surface area contributed by atoms with E-state index < -0.39 is 24.7 Å². The molecule has 0 unspecified atom stereocenters. The second-order valence-corrected chi connectivity index (χ2v) is 8.33. The average molecular weight is 447 g/mol. The number of aromatic nitrogens is 1. The molecule has 4 N–H and O–H groups in total. The van der Waals surface area contributed by atoms with Gasteiger partial charge in [0.05, 0.1) is 23.9 Å². The number of pyridine rings is 1. The van der Waals surface area contributed by atoms with Gasteiger partial charge < -0.3 is 30.2 Å². The molecule has 2 aromatic carbocycles. The van der Waals surface area contributed by atoms with Gasteiger partial charge in [0, 0.05) is 25.1 Å². The lowest BCUT2D eigenvalue weighted by atomic mass is 9.77. The lowest BCUT2D eigenvalue weighted by Gasteiger charge is -2.21. The van der Waals surface area contributed by atoms with Gasteiger partial charge in [-0.25, -0.2) is 9.78 Å². The monoisotopic (exact) mass is 447 g/mol. The summed E-state index contributed by atoms with van der Waals surface area (Å²) < 4.78 is 11.4. The third kappa shape index (κ3) is 4.70. The molecule has 3 aromatic rings. The highest BCUT2D eigenvalue weighted by atomic mass is 16.6. The lowest BCUT2D eigenvalue weighted by Crippen LogP contribution is -2.31. The highest BCUT2D eigenvalue weighted by Gasteiger charge is 2.42. The molecule has 0 bridgehead atoms. The zero-order valence-electron chi connectivity index (χ0n) is 18.7. The number of carboxylic acids is 1. The van der Waals surface area contributed by atoms with Crippen molar-refractivity contribution in [2.45, 2.75) is 25.5 Å². The van der Waals surface area contributed by atoms with Crippen molar-refractivity contribution < 1.29 is 24.3 Å². The molecule has 8 nitrogen and oxygen atoms in total. The first-order valence-corrected chi connectivity index (χ1v) is 10.6. The summed E-state index contributed by atoms with van der Waals surface area (Å²) >= 11 is 0. The van der Waals surface area contributed by atoms with Crippen LogP contribution in [0.2, 0.25) is 0 Å². The smallest absolute Gasteiger partial charge is 0.478 e. The Balaban J connectivity index is 1.63. The molecule has 0 radical (unpaired) electrons. The van der Waals surface area contributed by atoms with Gasteiger partial charge in [0.2, 0.25) is 0 Å². The highest BCUT2D eigenvalue weighted by molar-refractivity contribution is 6.63. The molecule has 0 fully saturated rings. The van der Waals surface area contributed by atoms with Crippen LogP contribution in [0.25, 0.3) is 0 Å². The summed E-state index contributed by atoms with van der Waals surface area (Å²) in [5, 5.41) is 25.9. The Bertz CT molecular complexity index is 1160. The van der Waals surface area contributed by atoms with Crippen LogP contribution in [-0.4, -0.2) is 42.0 Å². The number of nitrogens with zero attached hydrogens (tertiary/aromatic N) is 1. The third-order valence-electron chi connectivity index (χ3n) is 5.69. The molecule has 1 aromatic heterocycles. The fourth-order valence-electron chi connectivity index (χ4n) is 4.00. The van der Waals surface area contributed by atoms with Crippen molar-refractivity contribution in [2.75, 3.05) is 24.4 Å². The maximum Gasteiger partial charge on any atom is 0.494 e. The summed E-state index contributed by atoms with van der Waals surface area (Å²) in [7, 11) is 1.20. The molecule has 33 heavy (non-hydrogen) atoms. The minimum atomic E-state index is -1.11. The van der Waals surface area contributed by atoms with Gasteiger partial charge >= 0.3 is 13.1 Å². The predicted octanol–water partition coefficient (Wildman–Crippen LogP) is 3.28. The Kier molecular flexibility index (Phi) is 6.37. The number of aromatic carboxylic acids is 1. The molecule has 4 rings (SSSR count). The van der Waals surface area contributed by atoms with Gasteiger partial charge in [-0.15, -0.1) is 0 Å². The quantitative estimate of drug-likeness (QED) is 0.390. The van der Waals surface area contributed by atoms with E-state index in [2.05, 4.69) is 15.6 Å². The molecule has 0 spiro atoms. The van der Waals surface area contributed by atoms with Crippen LogP contribution in [0.3, 0.4) is 0 Å². The van der Waals surface area contributed by atoms with E-state index >= 15 is 0 Å². The van der Waals surface area contributed by atoms with Crippen LogP contribution in [0.4, 0.5) is 17.2 Å². The fourth-order valence-corrected chi connectivity index (χ4v) is 4.00. The van der Waals surface area contributed by atoms with Crippen LogP contribution in [0.15, 0.2) is 60.8 Å². The van der Waals surface area contributed by atoms with Gasteiger partial charge in [0.15, 0.2) is 0 Å². The fraction of sp³-hybridized carbons (Fsp3) is 0.250. The van der Waals surface area contributed by atoms with Crippen molar-refractivity contribution in [3.05, 3.63) is 77.5 Å². The van der Waals surface area contributed by atoms with Gasteiger partial charge in [-0.3, -0.25) is 0 Å². The molecule has 1 atom stereocenters. The van der Waals surface area contributed by atoms with E-state index in [-0.39, 0.29) is 12.2 Å². The summed E-state index contributed by atoms with van der Waals surface area (Å²) in [6.45, 7) is 3.76. The number of hydrogen-bond donors (Lipinski definition) is 4. The van der Waals surface area contributed by atoms with Crippen LogP contribution >= 0.6 is 0 Å². The zero-order valence-corrected chi connectivity index (χ0v) is 18.7. The molecular formula is C24H26BN3O5. The second kappa shape index (κ2) is 9.23. The van der Waals surface area contributed by atoms with Crippen molar-refractivity contribution in [1.29, 1.82) is 0 Å². The molecule has 0 amide bonds. The Morgan fingerprint density at radius 1 is 1.21 bits per heavy atom. The van der Waals surface area contributed by atoms with E-state index in [4.69, 9.17) is 9.31 Å². The molecule has 1 aliphatic heterocycles. The standard InChI is InChI=1S/C24H26BN3O5/c1-24(2)18-11-16(9-10-19(18)25(32-3)33-24)27-22-12-20(17(13-26-22)23(30)31)28-21(14-29)15-7-5-4-6-8-15/h4-13,21,29H,14H2,1-3H3,(H,30,31)(H2,26,27,28)/t21-/m1/s1. The molecule has 0 aliphatic carbocycles. The number of hydrogen-bond acceptors (Lipinski definition) is 7. The lowest BCUT2D eigenvalue weighted by molar-refractivity contribution is 0.0697. The molecule has 0 saturated heterocycles. The first-order chi connectivity index (χ1) is 15.8. The molecule has 1 aliphatic rings. The van der Waals surface area contributed by atoms with E-state index in [1.54, 1.807) is 13.2 Å².